The van der Waals surface area contributed by atoms with Gasteiger partial charge in [-0.05, 0) is 43.0 Å². The second-order valence-electron chi connectivity index (χ2n) is 5.55. The zero-order valence-electron chi connectivity index (χ0n) is 14.0. The fourth-order valence-electron chi connectivity index (χ4n) is 2.59. The third-order valence-electron chi connectivity index (χ3n) is 3.99. The highest BCUT2D eigenvalue weighted by atomic mass is 32.2. The van der Waals surface area contributed by atoms with Crippen LogP contribution >= 0.6 is 11.8 Å². The number of amides is 2. The van der Waals surface area contributed by atoms with Crippen molar-refractivity contribution in [3.63, 3.8) is 0 Å². The molecule has 2 rings (SSSR count). The number of imide groups is 1. The largest absolute Gasteiger partial charge is 0.493 e. The van der Waals surface area contributed by atoms with Crippen molar-refractivity contribution in [3.8, 4) is 11.5 Å². The lowest BCUT2D eigenvalue weighted by atomic mass is 10.0. The van der Waals surface area contributed by atoms with Gasteiger partial charge in [0.25, 0.3) is 5.24 Å². The number of ether oxygens (including phenoxy) is 2. The molecule has 1 aliphatic rings. The summed E-state index contributed by atoms with van der Waals surface area (Å²) in [6.07, 6.45) is 2.32. The molecular weight excluding hydrogens is 314 g/mol. The fraction of sp³-hybridized carbons (Fsp3) is 0.529. The first-order chi connectivity index (χ1) is 11.0. The number of aryl methyl sites for hydroxylation is 1. The molecule has 1 aromatic carbocycles. The van der Waals surface area contributed by atoms with Gasteiger partial charge >= 0.3 is 0 Å². The number of rotatable bonds is 7. The smallest absolute Gasteiger partial charge is 0.289 e. The van der Waals surface area contributed by atoms with Crippen LogP contribution in [0.25, 0.3) is 0 Å². The lowest BCUT2D eigenvalue weighted by molar-refractivity contribution is -0.126. The molecule has 2 amide bonds. The molecule has 0 aliphatic carbocycles. The maximum atomic E-state index is 12.4. The van der Waals surface area contributed by atoms with E-state index in [2.05, 4.69) is 0 Å². The van der Waals surface area contributed by atoms with Crippen LogP contribution in [0.15, 0.2) is 12.1 Å². The Bertz CT molecular complexity index is 603. The molecule has 0 spiro atoms. The standard InChI is InChI=1S/C17H23NO4S/c1-5-6-7-18-16(19)15(23-17(18)20)10-12-9-14(22-4)13(21-3)8-11(12)2/h8-9,15H,5-7,10H2,1-4H3/t15-/m0/s1. The van der Waals surface area contributed by atoms with Crippen LogP contribution in [0.1, 0.15) is 30.9 Å². The first-order valence-corrected chi connectivity index (χ1v) is 8.63. The quantitative estimate of drug-likeness (QED) is 0.763. The second kappa shape index (κ2) is 7.73. The maximum Gasteiger partial charge on any atom is 0.289 e. The molecule has 1 saturated heterocycles. The zero-order chi connectivity index (χ0) is 17.0. The zero-order valence-corrected chi connectivity index (χ0v) is 14.9. The molecule has 23 heavy (non-hydrogen) atoms. The van der Waals surface area contributed by atoms with Crippen LogP contribution in [0.3, 0.4) is 0 Å². The Hall–Kier alpha value is -1.69. The van der Waals surface area contributed by atoms with E-state index in [0.717, 1.165) is 35.7 Å². The molecule has 1 fully saturated rings. The van der Waals surface area contributed by atoms with Crippen LogP contribution in [-0.4, -0.2) is 42.1 Å². The van der Waals surface area contributed by atoms with Gasteiger partial charge in [0.2, 0.25) is 5.91 Å². The Morgan fingerprint density at radius 1 is 1.17 bits per heavy atom. The number of unbranched alkanes of at least 4 members (excludes halogenated alkanes) is 1. The lowest BCUT2D eigenvalue weighted by Gasteiger charge is -2.15. The number of benzene rings is 1. The molecule has 126 valence electrons. The number of nitrogens with zero attached hydrogens (tertiary/aromatic N) is 1. The van der Waals surface area contributed by atoms with Crippen molar-refractivity contribution in [1.82, 2.24) is 4.90 Å². The summed E-state index contributed by atoms with van der Waals surface area (Å²) in [5.41, 5.74) is 2.02. The molecule has 0 bridgehead atoms. The number of methoxy groups -OCH3 is 2. The first-order valence-electron chi connectivity index (χ1n) is 7.75. The molecule has 0 N–H and O–H groups in total. The molecule has 1 heterocycles. The summed E-state index contributed by atoms with van der Waals surface area (Å²) in [5.74, 6) is 1.22. The third-order valence-corrected chi connectivity index (χ3v) is 5.06. The average Bonchev–Trinajstić information content (AvgIpc) is 2.80. The van der Waals surface area contributed by atoms with Crippen LogP contribution < -0.4 is 9.47 Å². The molecule has 6 heteroatoms. The summed E-state index contributed by atoms with van der Waals surface area (Å²) in [5, 5.41) is -0.484. The minimum atomic E-state index is -0.351. The van der Waals surface area contributed by atoms with E-state index in [1.54, 1.807) is 14.2 Å². The monoisotopic (exact) mass is 337 g/mol. The molecule has 1 aliphatic heterocycles. The van der Waals surface area contributed by atoms with Gasteiger partial charge in [-0.1, -0.05) is 25.1 Å². The van der Waals surface area contributed by atoms with Gasteiger partial charge in [0.1, 0.15) is 0 Å². The minimum absolute atomic E-state index is 0.0809. The normalized spacial score (nSPS) is 17.7. The summed E-state index contributed by atoms with van der Waals surface area (Å²) in [6, 6.07) is 3.79. The maximum absolute atomic E-state index is 12.4. The number of hydrogen-bond acceptors (Lipinski definition) is 5. The highest BCUT2D eigenvalue weighted by Gasteiger charge is 2.39. The van der Waals surface area contributed by atoms with Gasteiger partial charge in [0, 0.05) is 6.54 Å². The molecule has 0 unspecified atom stereocenters. The Morgan fingerprint density at radius 2 is 1.83 bits per heavy atom. The van der Waals surface area contributed by atoms with Gasteiger partial charge in [0.05, 0.1) is 19.5 Å². The van der Waals surface area contributed by atoms with Gasteiger partial charge < -0.3 is 9.47 Å². The Morgan fingerprint density at radius 3 is 2.43 bits per heavy atom. The Kier molecular flexibility index (Phi) is 5.93. The van der Waals surface area contributed by atoms with E-state index in [1.807, 2.05) is 26.0 Å². The van der Waals surface area contributed by atoms with Crippen LogP contribution in [-0.2, 0) is 11.2 Å². The van der Waals surface area contributed by atoms with E-state index in [0.29, 0.717) is 24.5 Å². The highest BCUT2D eigenvalue weighted by molar-refractivity contribution is 8.15. The lowest BCUT2D eigenvalue weighted by Crippen LogP contribution is -2.33. The van der Waals surface area contributed by atoms with Crippen LogP contribution in [0.4, 0.5) is 4.79 Å². The number of carbonyl (C=O) groups excluding carboxylic acids is 2. The fourth-order valence-corrected chi connectivity index (χ4v) is 3.63. The predicted octanol–water partition coefficient (Wildman–Crippen LogP) is 3.42. The van der Waals surface area contributed by atoms with E-state index in [1.165, 1.54) is 4.90 Å². The van der Waals surface area contributed by atoms with E-state index < -0.39 is 0 Å². The second-order valence-corrected chi connectivity index (χ2v) is 6.71. The summed E-state index contributed by atoms with van der Waals surface area (Å²) in [4.78, 5) is 25.9. The van der Waals surface area contributed by atoms with Gasteiger partial charge in [0.15, 0.2) is 11.5 Å². The van der Waals surface area contributed by atoms with E-state index in [9.17, 15) is 9.59 Å². The molecule has 0 saturated carbocycles. The predicted molar refractivity (Wildman–Crippen MR) is 91.4 cm³/mol. The number of thioether (sulfide) groups is 1. The van der Waals surface area contributed by atoms with Crippen LogP contribution in [0.5, 0.6) is 11.5 Å². The molecule has 0 radical (unpaired) electrons. The molecule has 0 aromatic heterocycles. The third kappa shape index (κ3) is 3.80. The van der Waals surface area contributed by atoms with Crippen molar-refractivity contribution >= 4 is 22.9 Å². The molecule has 5 nitrogen and oxygen atoms in total. The molecule has 1 aromatic rings. The highest BCUT2D eigenvalue weighted by Crippen LogP contribution is 2.34. The van der Waals surface area contributed by atoms with Gasteiger partial charge in [-0.15, -0.1) is 0 Å². The molecular formula is C17H23NO4S. The van der Waals surface area contributed by atoms with Gasteiger partial charge in [-0.2, -0.15) is 0 Å². The number of hydrogen-bond donors (Lipinski definition) is 0. The Labute approximate surface area is 141 Å². The molecule has 1 atom stereocenters. The van der Waals surface area contributed by atoms with Crippen molar-refractivity contribution in [2.24, 2.45) is 0 Å². The number of carbonyl (C=O) groups is 2. The van der Waals surface area contributed by atoms with E-state index in [-0.39, 0.29) is 16.4 Å². The van der Waals surface area contributed by atoms with E-state index in [4.69, 9.17) is 9.47 Å². The average molecular weight is 337 g/mol. The van der Waals surface area contributed by atoms with Gasteiger partial charge in [-0.3, -0.25) is 14.5 Å². The van der Waals surface area contributed by atoms with E-state index >= 15 is 0 Å². The van der Waals surface area contributed by atoms with Crippen LogP contribution in [0, 0.1) is 6.92 Å². The summed E-state index contributed by atoms with van der Waals surface area (Å²) >= 11 is 1.12. The minimum Gasteiger partial charge on any atom is -0.493 e. The topological polar surface area (TPSA) is 55.8 Å². The summed E-state index contributed by atoms with van der Waals surface area (Å²) in [6.45, 7) is 4.53. The van der Waals surface area contributed by atoms with Crippen molar-refractivity contribution in [2.75, 3.05) is 20.8 Å². The van der Waals surface area contributed by atoms with Crippen molar-refractivity contribution < 1.29 is 19.1 Å². The summed E-state index contributed by atoms with van der Waals surface area (Å²) in [7, 11) is 3.18. The van der Waals surface area contributed by atoms with Crippen molar-refractivity contribution in [1.29, 1.82) is 0 Å². The summed E-state index contributed by atoms with van der Waals surface area (Å²) < 4.78 is 10.6. The van der Waals surface area contributed by atoms with Crippen molar-refractivity contribution in [2.45, 2.75) is 38.4 Å². The van der Waals surface area contributed by atoms with Crippen LogP contribution in [0.2, 0.25) is 0 Å². The first kappa shape index (κ1) is 17.7. The van der Waals surface area contributed by atoms with Gasteiger partial charge in [-0.25, -0.2) is 0 Å². The Balaban J connectivity index is 2.16. The SMILES string of the molecule is CCCCN1C(=O)S[C@@H](Cc2cc(OC)c(OC)cc2C)C1=O. The van der Waals surface area contributed by atoms with Crippen molar-refractivity contribution in [3.05, 3.63) is 23.3 Å².